The van der Waals surface area contributed by atoms with E-state index < -0.39 is 0 Å². The zero-order valence-electron chi connectivity index (χ0n) is 12.4. The molecule has 2 N–H and O–H groups in total. The van der Waals surface area contributed by atoms with E-state index >= 15 is 0 Å². The molecule has 0 aromatic carbocycles. The average Bonchev–Trinajstić information content (AvgIpc) is 2.90. The van der Waals surface area contributed by atoms with Gasteiger partial charge in [-0.3, -0.25) is 0 Å². The van der Waals surface area contributed by atoms with Crippen LogP contribution >= 0.6 is 0 Å². The Hall–Kier alpha value is -2.18. The Morgan fingerprint density at radius 3 is 2.60 bits per heavy atom. The molecule has 0 aliphatic rings. The predicted molar refractivity (Wildman–Crippen MR) is 78.7 cm³/mol. The van der Waals surface area contributed by atoms with Crippen LogP contribution in [0.5, 0.6) is 0 Å². The number of nitrogens with zero attached hydrogens (tertiary/aromatic N) is 6. The third-order valence-corrected chi connectivity index (χ3v) is 3.13. The van der Waals surface area contributed by atoms with Crippen molar-refractivity contribution in [2.75, 3.05) is 17.7 Å². The summed E-state index contributed by atoms with van der Waals surface area (Å²) in [6, 6.07) is 2.13. The van der Waals surface area contributed by atoms with Crippen molar-refractivity contribution < 1.29 is 0 Å². The SMILES string of the molecule is CC(C)CC(C)N(C)c1nc(N)nc(-n2cccn2)n1. The number of hydrogen-bond acceptors (Lipinski definition) is 6. The molecule has 7 heteroatoms. The molecular formula is C13H21N7. The Morgan fingerprint density at radius 1 is 1.25 bits per heavy atom. The van der Waals surface area contributed by atoms with E-state index in [0.717, 1.165) is 6.42 Å². The summed E-state index contributed by atoms with van der Waals surface area (Å²) in [5.41, 5.74) is 5.77. The Labute approximate surface area is 118 Å². The maximum atomic E-state index is 5.77. The molecule has 1 unspecified atom stereocenters. The van der Waals surface area contributed by atoms with Gasteiger partial charge in [0.2, 0.25) is 11.9 Å². The molecule has 7 nitrogen and oxygen atoms in total. The van der Waals surface area contributed by atoms with Crippen LogP contribution in [0.3, 0.4) is 0 Å². The first-order chi connectivity index (χ1) is 9.47. The molecule has 0 aliphatic heterocycles. The van der Waals surface area contributed by atoms with E-state index in [-0.39, 0.29) is 5.95 Å². The minimum Gasteiger partial charge on any atom is -0.368 e. The van der Waals surface area contributed by atoms with Crippen LogP contribution in [-0.4, -0.2) is 37.8 Å². The molecular weight excluding hydrogens is 254 g/mol. The van der Waals surface area contributed by atoms with Gasteiger partial charge in [-0.25, -0.2) is 4.68 Å². The highest BCUT2D eigenvalue weighted by atomic mass is 15.4. The van der Waals surface area contributed by atoms with Crippen molar-refractivity contribution in [3.63, 3.8) is 0 Å². The first-order valence-corrected chi connectivity index (χ1v) is 6.71. The normalized spacial score (nSPS) is 12.7. The van der Waals surface area contributed by atoms with Crippen LogP contribution in [-0.2, 0) is 0 Å². The summed E-state index contributed by atoms with van der Waals surface area (Å²) < 4.78 is 1.57. The van der Waals surface area contributed by atoms with Gasteiger partial charge in [0, 0.05) is 25.5 Å². The molecule has 108 valence electrons. The van der Waals surface area contributed by atoms with Crippen molar-refractivity contribution in [2.45, 2.75) is 33.2 Å². The second-order valence-corrected chi connectivity index (χ2v) is 5.33. The van der Waals surface area contributed by atoms with E-state index in [1.54, 1.807) is 17.1 Å². The third kappa shape index (κ3) is 3.23. The van der Waals surface area contributed by atoms with Gasteiger partial charge in [-0.1, -0.05) is 13.8 Å². The molecule has 2 aromatic heterocycles. The smallest absolute Gasteiger partial charge is 0.257 e. The first-order valence-electron chi connectivity index (χ1n) is 6.71. The van der Waals surface area contributed by atoms with Crippen molar-refractivity contribution in [2.24, 2.45) is 5.92 Å². The number of hydrogen-bond donors (Lipinski definition) is 1. The van der Waals surface area contributed by atoms with Crippen LogP contribution in [0.15, 0.2) is 18.5 Å². The van der Waals surface area contributed by atoms with Crippen LogP contribution in [0.25, 0.3) is 5.95 Å². The summed E-state index contributed by atoms with van der Waals surface area (Å²) in [4.78, 5) is 14.8. The minimum absolute atomic E-state index is 0.198. The molecule has 20 heavy (non-hydrogen) atoms. The first kappa shape index (κ1) is 14.2. The molecule has 2 rings (SSSR count). The second-order valence-electron chi connectivity index (χ2n) is 5.33. The van der Waals surface area contributed by atoms with Crippen molar-refractivity contribution in [3.05, 3.63) is 18.5 Å². The van der Waals surface area contributed by atoms with Gasteiger partial charge in [0.15, 0.2) is 0 Å². The number of nitrogens with two attached hydrogens (primary N) is 1. The van der Waals surface area contributed by atoms with Crippen LogP contribution in [0, 0.1) is 5.92 Å². The van der Waals surface area contributed by atoms with E-state index in [4.69, 9.17) is 5.73 Å². The van der Waals surface area contributed by atoms with Gasteiger partial charge in [-0.2, -0.15) is 20.1 Å². The number of aromatic nitrogens is 5. The second kappa shape index (κ2) is 5.85. The van der Waals surface area contributed by atoms with Gasteiger partial charge in [0.1, 0.15) is 0 Å². The molecule has 2 aromatic rings. The fraction of sp³-hybridized carbons (Fsp3) is 0.538. The summed E-state index contributed by atoms with van der Waals surface area (Å²) in [5, 5.41) is 4.11. The third-order valence-electron chi connectivity index (χ3n) is 3.13. The fourth-order valence-corrected chi connectivity index (χ4v) is 2.05. The number of nitrogen functional groups attached to an aromatic ring is 1. The molecule has 0 spiro atoms. The lowest BCUT2D eigenvalue weighted by Gasteiger charge is -2.26. The topological polar surface area (TPSA) is 85.8 Å². The molecule has 0 aliphatic carbocycles. The molecule has 2 heterocycles. The van der Waals surface area contributed by atoms with E-state index in [1.807, 2.05) is 18.0 Å². The quantitative estimate of drug-likeness (QED) is 0.890. The van der Waals surface area contributed by atoms with E-state index in [0.29, 0.717) is 23.9 Å². The average molecular weight is 275 g/mol. The van der Waals surface area contributed by atoms with E-state index in [2.05, 4.69) is 40.8 Å². The summed E-state index contributed by atoms with van der Waals surface area (Å²) in [6.07, 6.45) is 4.50. The molecule has 0 fully saturated rings. The van der Waals surface area contributed by atoms with Gasteiger partial charge in [-0.05, 0) is 25.3 Å². The summed E-state index contributed by atoms with van der Waals surface area (Å²) in [5.74, 6) is 1.80. The Bertz CT molecular complexity index is 550. The van der Waals surface area contributed by atoms with Crippen molar-refractivity contribution >= 4 is 11.9 Å². The molecule has 0 radical (unpaired) electrons. The highest BCUT2D eigenvalue weighted by Gasteiger charge is 2.16. The van der Waals surface area contributed by atoms with Crippen molar-refractivity contribution in [1.29, 1.82) is 0 Å². The molecule has 0 saturated carbocycles. The number of rotatable bonds is 5. The van der Waals surface area contributed by atoms with Gasteiger partial charge in [0.05, 0.1) is 0 Å². The van der Waals surface area contributed by atoms with Gasteiger partial charge in [-0.15, -0.1) is 0 Å². The monoisotopic (exact) mass is 275 g/mol. The van der Waals surface area contributed by atoms with Gasteiger partial charge in [0.25, 0.3) is 5.95 Å². The van der Waals surface area contributed by atoms with Crippen LogP contribution in [0.1, 0.15) is 27.2 Å². The van der Waals surface area contributed by atoms with Gasteiger partial charge < -0.3 is 10.6 Å². The standard InChI is InChI=1S/C13H21N7/c1-9(2)8-10(3)19(4)12-16-11(14)17-13(18-12)20-7-5-6-15-20/h5-7,9-10H,8H2,1-4H3,(H2,14,16,17,18). The molecule has 0 saturated heterocycles. The molecule has 0 bridgehead atoms. The van der Waals surface area contributed by atoms with Crippen LogP contribution < -0.4 is 10.6 Å². The Morgan fingerprint density at radius 2 is 2.00 bits per heavy atom. The summed E-state index contributed by atoms with van der Waals surface area (Å²) >= 11 is 0. The zero-order valence-corrected chi connectivity index (χ0v) is 12.4. The molecule has 0 amide bonds. The van der Waals surface area contributed by atoms with E-state index in [1.165, 1.54) is 0 Å². The van der Waals surface area contributed by atoms with Crippen molar-refractivity contribution in [1.82, 2.24) is 24.7 Å². The minimum atomic E-state index is 0.198. The highest BCUT2D eigenvalue weighted by Crippen LogP contribution is 2.16. The molecule has 1 atom stereocenters. The van der Waals surface area contributed by atoms with E-state index in [9.17, 15) is 0 Å². The zero-order chi connectivity index (χ0) is 14.7. The maximum absolute atomic E-state index is 5.77. The highest BCUT2D eigenvalue weighted by molar-refractivity contribution is 5.37. The lowest BCUT2D eigenvalue weighted by Crippen LogP contribution is -2.32. The lowest BCUT2D eigenvalue weighted by molar-refractivity contribution is 0.499. The lowest BCUT2D eigenvalue weighted by atomic mass is 10.0. The predicted octanol–water partition coefficient (Wildman–Crippen LogP) is 1.51. The maximum Gasteiger partial charge on any atom is 0.257 e. The number of anilines is 2. The summed E-state index contributed by atoms with van der Waals surface area (Å²) in [7, 11) is 1.97. The van der Waals surface area contributed by atoms with Gasteiger partial charge >= 0.3 is 0 Å². The van der Waals surface area contributed by atoms with Crippen LogP contribution in [0.4, 0.5) is 11.9 Å². The fourth-order valence-electron chi connectivity index (χ4n) is 2.05. The Kier molecular flexibility index (Phi) is 4.16. The Balaban J connectivity index is 2.28. The largest absolute Gasteiger partial charge is 0.368 e. The van der Waals surface area contributed by atoms with Crippen LogP contribution in [0.2, 0.25) is 0 Å². The summed E-state index contributed by atoms with van der Waals surface area (Å²) in [6.45, 7) is 6.54. The van der Waals surface area contributed by atoms with Crippen molar-refractivity contribution in [3.8, 4) is 5.95 Å².